The van der Waals surface area contributed by atoms with E-state index < -0.39 is 43.1 Å². The molecule has 164 valence electrons. The summed E-state index contributed by atoms with van der Waals surface area (Å²) in [4.78, 5) is 5.65. The Morgan fingerprint density at radius 2 is 1.84 bits per heavy atom. The Morgan fingerprint density at radius 3 is 2.55 bits per heavy atom. The van der Waals surface area contributed by atoms with Gasteiger partial charge in [0.15, 0.2) is 0 Å². The lowest BCUT2D eigenvalue weighted by Crippen LogP contribution is -2.55. The minimum atomic E-state index is -1.45. The van der Waals surface area contributed by atoms with Crippen molar-refractivity contribution in [2.45, 2.75) is 36.9 Å². The van der Waals surface area contributed by atoms with Crippen LogP contribution in [0.1, 0.15) is 22.1 Å². The zero-order valence-corrected chi connectivity index (χ0v) is 17.8. The second-order valence-corrected chi connectivity index (χ2v) is 8.99. The fraction of sp³-hybridized carbons (Fsp3) is 0.318. The molecule has 1 fully saturated rings. The molecule has 0 saturated carbocycles. The summed E-state index contributed by atoms with van der Waals surface area (Å²) in [6, 6.07) is 12.0. The molecule has 4 N–H and O–H groups in total. The molecule has 5 atom stereocenters. The van der Waals surface area contributed by atoms with E-state index in [0.717, 1.165) is 20.9 Å². The van der Waals surface area contributed by atoms with Crippen molar-refractivity contribution in [3.63, 3.8) is 0 Å². The predicted octanol–water partition coefficient (Wildman–Crippen LogP) is 2.71. The van der Waals surface area contributed by atoms with Crippen molar-refractivity contribution < 1.29 is 29.6 Å². The van der Waals surface area contributed by atoms with Gasteiger partial charge in [0.1, 0.15) is 30.5 Å². The molecule has 3 aromatic rings. The quantitative estimate of drug-likeness (QED) is 0.432. The molecule has 0 spiro atoms. The molecule has 0 bridgehead atoms. The number of nitrogens with zero attached hydrogens (tertiary/aromatic N) is 1. The van der Waals surface area contributed by atoms with Crippen molar-refractivity contribution in [2.24, 2.45) is 0 Å². The Labute approximate surface area is 187 Å². The van der Waals surface area contributed by atoms with E-state index in [9.17, 15) is 24.8 Å². The van der Waals surface area contributed by atoms with Crippen LogP contribution in [0, 0.1) is 5.95 Å². The maximum absolute atomic E-state index is 13.1. The van der Waals surface area contributed by atoms with Crippen LogP contribution in [-0.4, -0.2) is 56.4 Å². The molecule has 0 aliphatic carbocycles. The average molecular weight is 466 g/mol. The largest absolute Gasteiger partial charge is 0.394 e. The first-order valence-corrected chi connectivity index (χ1v) is 10.9. The highest BCUT2D eigenvalue weighted by molar-refractivity contribution is 7.15. The van der Waals surface area contributed by atoms with E-state index in [0.29, 0.717) is 17.0 Å². The number of hydrogen-bond donors (Lipinski definition) is 4. The molecule has 0 amide bonds. The topological polar surface area (TPSA) is 103 Å². The highest BCUT2D eigenvalue weighted by Gasteiger charge is 2.44. The van der Waals surface area contributed by atoms with Crippen molar-refractivity contribution >= 4 is 22.9 Å². The number of halogens is 2. The average Bonchev–Trinajstić information content (AvgIpc) is 3.23. The summed E-state index contributed by atoms with van der Waals surface area (Å²) in [6.07, 6.45) is -4.11. The summed E-state index contributed by atoms with van der Waals surface area (Å²) in [6.45, 7) is -0.488. The normalized spacial score (nSPS) is 26.2. The fourth-order valence-corrected chi connectivity index (χ4v) is 4.83. The summed E-state index contributed by atoms with van der Waals surface area (Å²) in [5.74, 6) is -0.530. The van der Waals surface area contributed by atoms with Crippen LogP contribution in [0.2, 0.25) is 5.02 Å². The molecule has 4 rings (SSSR count). The van der Waals surface area contributed by atoms with Crippen molar-refractivity contribution in [1.82, 2.24) is 4.98 Å². The van der Waals surface area contributed by atoms with Gasteiger partial charge in [-0.05, 0) is 41.5 Å². The van der Waals surface area contributed by atoms with Gasteiger partial charge >= 0.3 is 0 Å². The van der Waals surface area contributed by atoms with E-state index in [4.69, 9.17) is 16.3 Å². The van der Waals surface area contributed by atoms with Crippen LogP contribution >= 0.6 is 22.9 Å². The molecule has 5 unspecified atom stereocenters. The third-order valence-corrected chi connectivity index (χ3v) is 6.83. The van der Waals surface area contributed by atoms with Crippen LogP contribution in [0.3, 0.4) is 0 Å². The summed E-state index contributed by atoms with van der Waals surface area (Å²) in [7, 11) is 0. The number of rotatable bonds is 5. The molecule has 0 radical (unpaired) electrons. The Morgan fingerprint density at radius 1 is 1.03 bits per heavy atom. The molecule has 2 aromatic heterocycles. The summed E-state index contributed by atoms with van der Waals surface area (Å²) in [5, 5.41) is 40.4. The minimum absolute atomic E-state index is 0.488. The van der Waals surface area contributed by atoms with Gasteiger partial charge in [0, 0.05) is 33.0 Å². The van der Waals surface area contributed by atoms with Crippen LogP contribution in [0.4, 0.5) is 4.39 Å². The molecule has 3 heterocycles. The number of aromatic nitrogens is 1. The molecule has 1 aromatic carbocycles. The lowest BCUT2D eigenvalue weighted by atomic mass is 9.90. The van der Waals surface area contributed by atoms with Gasteiger partial charge in [0.2, 0.25) is 5.95 Å². The summed E-state index contributed by atoms with van der Waals surface area (Å²) < 4.78 is 18.7. The fourth-order valence-electron chi connectivity index (χ4n) is 3.62. The first-order chi connectivity index (χ1) is 14.9. The number of aliphatic hydroxyl groups excluding tert-OH is 4. The van der Waals surface area contributed by atoms with Crippen LogP contribution in [0.25, 0.3) is 10.4 Å². The zero-order valence-electron chi connectivity index (χ0n) is 16.2. The van der Waals surface area contributed by atoms with Gasteiger partial charge in [-0.3, -0.25) is 0 Å². The highest BCUT2D eigenvalue weighted by Crippen LogP contribution is 2.35. The molecule has 1 saturated heterocycles. The number of pyridine rings is 1. The van der Waals surface area contributed by atoms with E-state index in [2.05, 4.69) is 4.98 Å². The lowest BCUT2D eigenvalue weighted by Gasteiger charge is -2.40. The Bertz CT molecular complexity index is 1040. The number of thiophene rings is 1. The summed E-state index contributed by atoms with van der Waals surface area (Å²) in [5.41, 5.74) is 2.19. The van der Waals surface area contributed by atoms with Crippen molar-refractivity contribution in [3.8, 4) is 10.4 Å². The second-order valence-electron chi connectivity index (χ2n) is 7.41. The number of ether oxygens (including phenoxy) is 1. The van der Waals surface area contributed by atoms with Crippen LogP contribution in [0.5, 0.6) is 0 Å². The van der Waals surface area contributed by atoms with Gasteiger partial charge in [0.05, 0.1) is 6.61 Å². The smallest absolute Gasteiger partial charge is 0.212 e. The number of hydrogen-bond acceptors (Lipinski definition) is 7. The Balaban J connectivity index is 1.57. The van der Waals surface area contributed by atoms with Gasteiger partial charge in [-0.1, -0.05) is 23.7 Å². The monoisotopic (exact) mass is 465 g/mol. The van der Waals surface area contributed by atoms with Crippen molar-refractivity contribution in [2.75, 3.05) is 6.61 Å². The molecule has 31 heavy (non-hydrogen) atoms. The van der Waals surface area contributed by atoms with Crippen LogP contribution in [0.15, 0.2) is 48.7 Å². The lowest BCUT2D eigenvalue weighted by molar-refractivity contribution is -0.231. The van der Waals surface area contributed by atoms with Crippen LogP contribution in [-0.2, 0) is 11.2 Å². The molecule has 1 aliphatic heterocycles. The van der Waals surface area contributed by atoms with Crippen LogP contribution < -0.4 is 0 Å². The SMILES string of the molecule is OCC1OC(c2ccc(Cl)c(Cc3ccc(-c4ccc(F)nc4)s3)c2)C(O)C(O)C1O. The maximum Gasteiger partial charge on any atom is 0.212 e. The van der Waals surface area contributed by atoms with E-state index in [1.54, 1.807) is 24.3 Å². The van der Waals surface area contributed by atoms with Gasteiger partial charge in [-0.15, -0.1) is 11.3 Å². The maximum atomic E-state index is 13.1. The Hall–Kier alpha value is -1.91. The first-order valence-electron chi connectivity index (χ1n) is 9.67. The van der Waals surface area contributed by atoms with Gasteiger partial charge in [-0.25, -0.2) is 4.98 Å². The van der Waals surface area contributed by atoms with Gasteiger partial charge in [0.25, 0.3) is 0 Å². The second kappa shape index (κ2) is 9.30. The molecular formula is C22H21ClFNO5S. The van der Waals surface area contributed by atoms with E-state index in [1.165, 1.54) is 23.6 Å². The Kier molecular flexibility index (Phi) is 6.68. The van der Waals surface area contributed by atoms with Crippen molar-refractivity contribution in [3.05, 3.63) is 75.6 Å². The predicted molar refractivity (Wildman–Crippen MR) is 114 cm³/mol. The number of aliphatic hydroxyl groups is 4. The molecule has 6 nitrogen and oxygen atoms in total. The van der Waals surface area contributed by atoms with E-state index >= 15 is 0 Å². The van der Waals surface area contributed by atoms with Crippen molar-refractivity contribution in [1.29, 1.82) is 0 Å². The third-order valence-electron chi connectivity index (χ3n) is 5.33. The minimum Gasteiger partial charge on any atom is -0.394 e. The first kappa shape index (κ1) is 22.3. The molecule has 1 aliphatic rings. The molecule has 9 heteroatoms. The zero-order chi connectivity index (χ0) is 22.1. The van der Waals surface area contributed by atoms with E-state index in [-0.39, 0.29) is 0 Å². The molecular weight excluding hydrogens is 445 g/mol. The van der Waals surface area contributed by atoms with Gasteiger partial charge in [-0.2, -0.15) is 4.39 Å². The number of benzene rings is 1. The van der Waals surface area contributed by atoms with Gasteiger partial charge < -0.3 is 25.2 Å². The third kappa shape index (κ3) is 4.65. The summed E-state index contributed by atoms with van der Waals surface area (Å²) >= 11 is 7.92. The standard InChI is InChI=1S/C22H21ClFNO5S/c23-15-4-1-11(22-21(29)20(28)19(27)16(10-26)30-22)7-13(15)8-14-3-5-17(31-14)12-2-6-18(24)25-9-12/h1-7,9,16,19-22,26-29H,8,10H2. The highest BCUT2D eigenvalue weighted by atomic mass is 35.5. The van der Waals surface area contributed by atoms with E-state index in [1.807, 2.05) is 12.1 Å².